The third-order valence-corrected chi connectivity index (χ3v) is 4.24. The minimum Gasteiger partial charge on any atom is -0.467 e. The zero-order chi connectivity index (χ0) is 20.2. The van der Waals surface area contributed by atoms with Gasteiger partial charge in [-0.2, -0.15) is 0 Å². The summed E-state index contributed by atoms with van der Waals surface area (Å²) in [5, 5.41) is 0. The Morgan fingerprint density at radius 3 is 2.30 bits per heavy atom. The van der Waals surface area contributed by atoms with Crippen molar-refractivity contribution in [3.8, 4) is 0 Å². The van der Waals surface area contributed by atoms with Gasteiger partial charge in [0.2, 0.25) is 0 Å². The average Bonchev–Trinajstić information content (AvgIpc) is 2.91. The van der Waals surface area contributed by atoms with E-state index in [1.165, 1.54) is 18.9 Å². The summed E-state index contributed by atoms with van der Waals surface area (Å²) in [5.74, 6) is -1.35. The lowest BCUT2D eigenvalue weighted by atomic mass is 9.95. The minimum atomic E-state index is -0.901. The molecule has 1 fully saturated rings. The van der Waals surface area contributed by atoms with E-state index in [2.05, 4.69) is 0 Å². The minimum absolute atomic E-state index is 0.257. The number of benzene rings is 1. The van der Waals surface area contributed by atoms with Crippen molar-refractivity contribution in [1.29, 1.82) is 0 Å². The van der Waals surface area contributed by atoms with Crippen molar-refractivity contribution >= 4 is 18.0 Å². The van der Waals surface area contributed by atoms with Crippen molar-refractivity contribution in [2.75, 3.05) is 7.11 Å². The second-order valence-corrected chi connectivity index (χ2v) is 7.61. The maximum atomic E-state index is 12.8. The molecule has 1 unspecified atom stereocenters. The third-order valence-electron chi connectivity index (χ3n) is 4.24. The maximum absolute atomic E-state index is 12.8. The van der Waals surface area contributed by atoms with E-state index in [-0.39, 0.29) is 5.92 Å². The highest BCUT2D eigenvalue weighted by Crippen LogP contribution is 2.35. The van der Waals surface area contributed by atoms with E-state index in [1.54, 1.807) is 20.8 Å². The number of carbonyl (C=O) groups excluding carboxylic acids is 3. The average molecular weight is 377 g/mol. The maximum Gasteiger partial charge on any atom is 0.413 e. The van der Waals surface area contributed by atoms with Crippen LogP contribution in [0.1, 0.15) is 39.7 Å². The summed E-state index contributed by atoms with van der Waals surface area (Å²) in [6.07, 6.45) is -0.744. The van der Waals surface area contributed by atoms with Gasteiger partial charge >= 0.3 is 18.0 Å². The molecule has 3 atom stereocenters. The van der Waals surface area contributed by atoms with Gasteiger partial charge in [-0.05, 0) is 39.2 Å². The zero-order valence-corrected chi connectivity index (χ0v) is 16.4. The van der Waals surface area contributed by atoms with Crippen LogP contribution in [0.3, 0.4) is 0 Å². The van der Waals surface area contributed by atoms with E-state index in [4.69, 9.17) is 14.2 Å². The topological polar surface area (TPSA) is 82.1 Å². The molecule has 0 saturated carbocycles. The number of amides is 1. The van der Waals surface area contributed by atoms with E-state index in [9.17, 15) is 14.4 Å². The molecule has 1 saturated heterocycles. The first-order chi connectivity index (χ1) is 12.6. The number of hydrogen-bond donors (Lipinski definition) is 0. The highest BCUT2D eigenvalue weighted by Gasteiger charge is 2.50. The molecular formula is C20H27NO6. The predicted octanol–water partition coefficient (Wildman–Crippen LogP) is 2.92. The molecule has 0 N–H and O–H groups in total. The van der Waals surface area contributed by atoms with Crippen molar-refractivity contribution in [3.63, 3.8) is 0 Å². The van der Waals surface area contributed by atoms with Gasteiger partial charge < -0.3 is 14.2 Å². The van der Waals surface area contributed by atoms with Crippen LogP contribution in [0.4, 0.5) is 4.79 Å². The molecule has 27 heavy (non-hydrogen) atoms. The first-order valence-corrected chi connectivity index (χ1v) is 8.92. The Morgan fingerprint density at radius 1 is 1.15 bits per heavy atom. The van der Waals surface area contributed by atoms with Crippen LogP contribution < -0.4 is 0 Å². The van der Waals surface area contributed by atoms with E-state index in [0.717, 1.165) is 5.56 Å². The van der Waals surface area contributed by atoms with Gasteiger partial charge in [-0.15, -0.1) is 0 Å². The van der Waals surface area contributed by atoms with Gasteiger partial charge in [0.1, 0.15) is 11.6 Å². The Labute approximate surface area is 159 Å². The molecule has 7 nitrogen and oxygen atoms in total. The fraction of sp³-hybridized carbons (Fsp3) is 0.550. The summed E-state index contributed by atoms with van der Waals surface area (Å²) in [7, 11) is 1.26. The van der Waals surface area contributed by atoms with Crippen LogP contribution in [0.25, 0.3) is 0 Å². The monoisotopic (exact) mass is 377 g/mol. The molecule has 1 aliphatic rings. The van der Waals surface area contributed by atoms with Crippen LogP contribution >= 0.6 is 0 Å². The molecule has 1 amide bonds. The van der Waals surface area contributed by atoms with E-state index >= 15 is 0 Å². The normalized spacial score (nSPS) is 22.3. The molecule has 0 spiro atoms. The number of nitrogens with zero attached hydrogens (tertiary/aromatic N) is 1. The van der Waals surface area contributed by atoms with Gasteiger partial charge in [0.15, 0.2) is 6.23 Å². The van der Waals surface area contributed by atoms with E-state index in [1.807, 2.05) is 30.3 Å². The summed E-state index contributed by atoms with van der Waals surface area (Å²) in [6, 6.07) is 8.76. The first-order valence-electron chi connectivity index (χ1n) is 8.92. The van der Waals surface area contributed by atoms with Crippen LogP contribution in [0.2, 0.25) is 0 Å². The molecule has 0 bridgehead atoms. The zero-order valence-electron chi connectivity index (χ0n) is 16.4. The molecule has 7 heteroatoms. The Balaban J connectivity index is 2.35. The van der Waals surface area contributed by atoms with Gasteiger partial charge in [0.05, 0.1) is 7.11 Å². The van der Waals surface area contributed by atoms with Crippen molar-refractivity contribution in [3.05, 3.63) is 35.9 Å². The van der Waals surface area contributed by atoms with E-state index < -0.39 is 35.9 Å². The summed E-state index contributed by atoms with van der Waals surface area (Å²) >= 11 is 0. The van der Waals surface area contributed by atoms with Crippen molar-refractivity contribution < 1.29 is 28.6 Å². The molecule has 1 aliphatic heterocycles. The lowest BCUT2D eigenvalue weighted by Crippen LogP contribution is -2.49. The fourth-order valence-electron chi connectivity index (χ4n) is 3.24. The second kappa shape index (κ2) is 8.41. The van der Waals surface area contributed by atoms with Crippen LogP contribution in [0, 0.1) is 5.92 Å². The van der Waals surface area contributed by atoms with Gasteiger partial charge in [-0.3, -0.25) is 9.69 Å². The van der Waals surface area contributed by atoms with Crippen LogP contribution in [-0.2, 0) is 30.2 Å². The van der Waals surface area contributed by atoms with Gasteiger partial charge in [-0.1, -0.05) is 30.3 Å². The quantitative estimate of drug-likeness (QED) is 0.593. The molecular weight excluding hydrogens is 350 g/mol. The first kappa shape index (κ1) is 20.7. The lowest BCUT2D eigenvalue weighted by molar-refractivity contribution is -0.161. The Hall–Kier alpha value is -2.57. The molecule has 2 rings (SSSR count). The number of esters is 2. The van der Waals surface area contributed by atoms with Crippen molar-refractivity contribution in [2.24, 2.45) is 5.92 Å². The lowest BCUT2D eigenvalue weighted by Gasteiger charge is -2.32. The molecule has 0 aliphatic carbocycles. The van der Waals surface area contributed by atoms with Gasteiger partial charge in [-0.25, -0.2) is 9.59 Å². The number of methoxy groups -OCH3 is 1. The molecule has 1 aromatic carbocycles. The smallest absolute Gasteiger partial charge is 0.413 e. The fourth-order valence-corrected chi connectivity index (χ4v) is 3.24. The molecule has 148 valence electrons. The third kappa shape index (κ3) is 5.45. The summed E-state index contributed by atoms with van der Waals surface area (Å²) in [4.78, 5) is 38.0. The summed E-state index contributed by atoms with van der Waals surface area (Å²) < 4.78 is 15.8. The van der Waals surface area contributed by atoms with Crippen LogP contribution in [-0.4, -0.2) is 47.9 Å². The standard InChI is InChI=1S/C20H27NO6/c1-13(22)26-17-15(11-14-9-7-6-8-10-14)12-16(18(23)25-5)21(17)19(24)27-20(2,3)4/h6-10,15-17H,11-12H2,1-5H3/t15-,16+,17?/m1/s1. The Morgan fingerprint density at radius 2 is 1.78 bits per heavy atom. The number of ether oxygens (including phenoxy) is 3. The second-order valence-electron chi connectivity index (χ2n) is 7.61. The van der Waals surface area contributed by atoms with Gasteiger partial charge in [0.25, 0.3) is 0 Å². The summed E-state index contributed by atoms with van der Waals surface area (Å²) in [6.45, 7) is 6.47. The molecule has 0 aromatic heterocycles. The highest BCUT2D eigenvalue weighted by atomic mass is 16.6. The number of rotatable bonds is 4. The van der Waals surface area contributed by atoms with Crippen molar-refractivity contribution in [2.45, 2.75) is 58.4 Å². The molecule has 0 radical (unpaired) electrons. The summed E-state index contributed by atoms with van der Waals surface area (Å²) in [5.41, 5.74) is 0.269. The highest BCUT2D eigenvalue weighted by molar-refractivity contribution is 5.82. The Kier molecular flexibility index (Phi) is 6.46. The predicted molar refractivity (Wildman–Crippen MR) is 97.7 cm³/mol. The SMILES string of the molecule is COC(=O)[C@@H]1C[C@@H](Cc2ccccc2)C(OC(C)=O)N1C(=O)OC(C)(C)C. The van der Waals surface area contributed by atoms with Crippen LogP contribution in [0.15, 0.2) is 30.3 Å². The van der Waals surface area contributed by atoms with Gasteiger partial charge in [0, 0.05) is 12.8 Å². The molecule has 1 aromatic rings. The van der Waals surface area contributed by atoms with Crippen molar-refractivity contribution in [1.82, 2.24) is 4.90 Å². The van der Waals surface area contributed by atoms with E-state index in [0.29, 0.717) is 12.8 Å². The van der Waals surface area contributed by atoms with Crippen LogP contribution in [0.5, 0.6) is 0 Å². The number of hydrogen-bond acceptors (Lipinski definition) is 6. The Bertz CT molecular complexity index is 681. The largest absolute Gasteiger partial charge is 0.467 e. The molecule has 1 heterocycles. The number of likely N-dealkylation sites (tertiary alicyclic amines) is 1. The number of carbonyl (C=O) groups is 3.